The van der Waals surface area contributed by atoms with E-state index in [9.17, 15) is 33.1 Å². The molecule has 1 aliphatic carbocycles. The summed E-state index contributed by atoms with van der Waals surface area (Å²) in [5.41, 5.74) is 1.46. The summed E-state index contributed by atoms with van der Waals surface area (Å²) in [7, 11) is 2.88. The maximum absolute atomic E-state index is 14.5. The summed E-state index contributed by atoms with van der Waals surface area (Å²) in [5.74, 6) is -3.40. The van der Waals surface area contributed by atoms with E-state index in [2.05, 4.69) is 5.32 Å². The van der Waals surface area contributed by atoms with Crippen molar-refractivity contribution in [1.29, 1.82) is 0 Å². The van der Waals surface area contributed by atoms with Crippen LogP contribution in [0.1, 0.15) is 55.1 Å². The van der Waals surface area contributed by atoms with Crippen LogP contribution in [-0.2, 0) is 37.5 Å². The molecule has 56 heavy (non-hydrogen) atoms. The number of halogens is 2. The number of hydrogen-bond donors (Lipinski definition) is 2. The van der Waals surface area contributed by atoms with E-state index >= 15 is 0 Å². The number of likely N-dealkylation sites (N-methyl/N-ethyl adjacent to an activating group) is 1. The number of carbonyl (C=O) groups excluding carboxylic acids is 3. The van der Waals surface area contributed by atoms with Gasteiger partial charge in [-0.1, -0.05) is 49.6 Å². The maximum Gasteiger partial charge on any atom is 0.407 e. The lowest BCUT2D eigenvalue weighted by atomic mass is 9.83. The highest BCUT2D eigenvalue weighted by molar-refractivity contribution is 6.04. The molecule has 5 rings (SSSR count). The van der Waals surface area contributed by atoms with E-state index in [0.717, 1.165) is 54.7 Å². The Morgan fingerprint density at radius 1 is 0.857 bits per heavy atom. The van der Waals surface area contributed by atoms with Gasteiger partial charge in [0, 0.05) is 51.7 Å². The SMILES string of the molecule is CC(C(=O)NC(C(=O)N1CCN(C(=O)c2c(OCCOCCOCCOCc3ccccc3)c3cc(F)c(F)cc3n2C)CC1)C1CCCCC1)N(C)C(=O)O. The van der Waals surface area contributed by atoms with Crippen LogP contribution in [0.5, 0.6) is 5.75 Å². The van der Waals surface area contributed by atoms with Crippen LogP contribution >= 0.6 is 0 Å². The van der Waals surface area contributed by atoms with Crippen molar-refractivity contribution in [3.63, 3.8) is 0 Å². The van der Waals surface area contributed by atoms with E-state index in [0.29, 0.717) is 26.4 Å². The van der Waals surface area contributed by atoms with Gasteiger partial charge in [0.15, 0.2) is 23.1 Å². The van der Waals surface area contributed by atoms with Gasteiger partial charge in [-0.2, -0.15) is 0 Å². The van der Waals surface area contributed by atoms with Crippen LogP contribution < -0.4 is 10.1 Å². The highest BCUT2D eigenvalue weighted by Gasteiger charge is 2.38. The lowest BCUT2D eigenvalue weighted by molar-refractivity contribution is -0.140. The molecule has 0 radical (unpaired) electrons. The van der Waals surface area contributed by atoms with Crippen molar-refractivity contribution in [3.05, 3.63) is 65.4 Å². The molecule has 2 N–H and O–H groups in total. The maximum atomic E-state index is 14.5. The van der Waals surface area contributed by atoms with E-state index < -0.39 is 41.6 Å². The van der Waals surface area contributed by atoms with Gasteiger partial charge in [-0.15, -0.1) is 0 Å². The Bertz CT molecular complexity index is 1800. The highest BCUT2D eigenvalue weighted by atomic mass is 19.2. The summed E-state index contributed by atoms with van der Waals surface area (Å²) in [4.78, 5) is 56.7. The first-order valence-corrected chi connectivity index (χ1v) is 19.2. The standard InChI is InChI=1S/C40H53F2N5O9/c1-27(44(2)40(51)52)37(48)43-34(29-12-8-5-9-13-29)38(49)46-14-16-47(17-15-46)39(50)35-36(30-24-31(41)32(42)25-33(30)45(35)3)56-23-22-54-19-18-53-20-21-55-26-28-10-6-4-7-11-28/h4,6-7,10-11,24-25,27,29,34H,5,8-9,12-23,26H2,1-3H3,(H,43,48)(H,51,52). The van der Waals surface area contributed by atoms with Gasteiger partial charge in [-0.05, 0) is 37.3 Å². The van der Waals surface area contributed by atoms with Crippen molar-refractivity contribution in [3.8, 4) is 5.75 Å². The van der Waals surface area contributed by atoms with Gasteiger partial charge in [-0.25, -0.2) is 13.6 Å². The number of carbonyl (C=O) groups is 4. The molecule has 2 aliphatic rings. The van der Waals surface area contributed by atoms with Gasteiger partial charge in [0.1, 0.15) is 18.7 Å². The van der Waals surface area contributed by atoms with E-state index in [1.807, 2.05) is 30.3 Å². The van der Waals surface area contributed by atoms with Crippen LogP contribution in [0.4, 0.5) is 13.6 Å². The van der Waals surface area contributed by atoms with E-state index in [1.54, 1.807) is 16.8 Å². The Balaban J connectivity index is 1.17. The molecule has 0 bridgehead atoms. The third kappa shape index (κ3) is 10.7. The van der Waals surface area contributed by atoms with Crippen molar-refractivity contribution in [2.75, 3.05) is 72.9 Å². The Kier molecular flexibility index (Phi) is 15.4. The first-order chi connectivity index (χ1) is 27.0. The smallest absolute Gasteiger partial charge is 0.407 e. The summed E-state index contributed by atoms with van der Waals surface area (Å²) < 4.78 is 53.2. The second-order valence-corrected chi connectivity index (χ2v) is 14.2. The third-order valence-electron chi connectivity index (χ3n) is 10.6. The van der Waals surface area contributed by atoms with Gasteiger partial charge in [0.25, 0.3) is 5.91 Å². The summed E-state index contributed by atoms with van der Waals surface area (Å²) in [6, 6.07) is 10.0. The zero-order chi connectivity index (χ0) is 40.2. The summed E-state index contributed by atoms with van der Waals surface area (Å²) >= 11 is 0. The van der Waals surface area contributed by atoms with E-state index in [-0.39, 0.29) is 80.2 Å². The predicted molar refractivity (Wildman–Crippen MR) is 202 cm³/mol. The number of fused-ring (bicyclic) bond motifs is 1. The van der Waals surface area contributed by atoms with Crippen LogP contribution in [-0.4, -0.2) is 133 Å². The Morgan fingerprint density at radius 2 is 1.45 bits per heavy atom. The van der Waals surface area contributed by atoms with E-state index in [1.165, 1.54) is 18.5 Å². The van der Waals surface area contributed by atoms with Crippen LogP contribution in [0.25, 0.3) is 10.9 Å². The molecular weight excluding hydrogens is 732 g/mol. The Labute approximate surface area is 325 Å². The lowest BCUT2D eigenvalue weighted by Gasteiger charge is -2.39. The number of nitrogens with zero attached hydrogens (tertiary/aromatic N) is 4. The number of aryl methyl sites for hydroxylation is 1. The van der Waals surface area contributed by atoms with Crippen molar-refractivity contribution in [2.24, 2.45) is 13.0 Å². The van der Waals surface area contributed by atoms with Crippen molar-refractivity contribution in [1.82, 2.24) is 24.6 Å². The van der Waals surface area contributed by atoms with Crippen molar-refractivity contribution in [2.45, 2.75) is 57.7 Å². The molecule has 14 nitrogen and oxygen atoms in total. The number of hydrogen-bond acceptors (Lipinski definition) is 8. The number of benzene rings is 2. The number of amides is 4. The average molecular weight is 786 g/mol. The van der Waals surface area contributed by atoms with Crippen LogP contribution in [0, 0.1) is 17.6 Å². The quantitative estimate of drug-likeness (QED) is 0.179. The molecule has 1 saturated heterocycles. The topological polar surface area (TPSA) is 152 Å². The average Bonchev–Trinajstić information content (AvgIpc) is 3.47. The number of carboxylic acid groups (broad SMARTS) is 1. The molecule has 4 amide bonds. The largest absolute Gasteiger partial charge is 0.488 e. The molecule has 306 valence electrons. The second-order valence-electron chi connectivity index (χ2n) is 14.2. The normalized spacial score (nSPS) is 16.1. The summed E-state index contributed by atoms with van der Waals surface area (Å²) in [6.45, 7) is 4.31. The fraction of sp³-hybridized carbons (Fsp3) is 0.550. The molecule has 1 aromatic heterocycles. The van der Waals surface area contributed by atoms with Crippen LogP contribution in [0.3, 0.4) is 0 Å². The molecule has 2 unspecified atom stereocenters. The molecular formula is C40H53F2N5O9. The van der Waals surface area contributed by atoms with Crippen LogP contribution in [0.15, 0.2) is 42.5 Å². The van der Waals surface area contributed by atoms with Crippen LogP contribution in [0.2, 0.25) is 0 Å². The molecule has 16 heteroatoms. The van der Waals surface area contributed by atoms with Gasteiger partial charge in [0.05, 0.1) is 45.2 Å². The fourth-order valence-electron chi connectivity index (χ4n) is 7.13. The lowest BCUT2D eigenvalue weighted by Crippen LogP contribution is -2.59. The predicted octanol–water partition coefficient (Wildman–Crippen LogP) is 4.43. The molecule has 2 heterocycles. The summed E-state index contributed by atoms with van der Waals surface area (Å²) in [5, 5.41) is 12.4. The van der Waals surface area contributed by atoms with Gasteiger partial charge in [0.2, 0.25) is 11.8 Å². The zero-order valence-corrected chi connectivity index (χ0v) is 32.3. The molecule has 1 saturated carbocycles. The summed E-state index contributed by atoms with van der Waals surface area (Å²) in [6.07, 6.45) is 3.15. The Morgan fingerprint density at radius 3 is 2.09 bits per heavy atom. The molecule has 1 aliphatic heterocycles. The number of nitrogens with one attached hydrogen (secondary N) is 1. The highest BCUT2D eigenvalue weighted by Crippen LogP contribution is 2.35. The molecule has 2 aromatic carbocycles. The minimum Gasteiger partial charge on any atom is -0.488 e. The van der Waals surface area contributed by atoms with Gasteiger partial charge >= 0.3 is 6.09 Å². The number of piperazine rings is 1. The number of aromatic nitrogens is 1. The number of rotatable bonds is 18. The second kappa shape index (κ2) is 20.4. The zero-order valence-electron chi connectivity index (χ0n) is 32.3. The Hall–Kier alpha value is -4.80. The first kappa shape index (κ1) is 42.3. The fourth-order valence-corrected chi connectivity index (χ4v) is 7.13. The molecule has 0 spiro atoms. The third-order valence-corrected chi connectivity index (χ3v) is 10.6. The van der Waals surface area contributed by atoms with E-state index in [4.69, 9.17) is 18.9 Å². The first-order valence-electron chi connectivity index (χ1n) is 19.2. The van der Waals surface area contributed by atoms with Gasteiger partial charge in [-0.3, -0.25) is 19.3 Å². The van der Waals surface area contributed by atoms with Crippen molar-refractivity contribution >= 4 is 34.7 Å². The minimum absolute atomic E-state index is 0.0238. The molecule has 3 aromatic rings. The minimum atomic E-state index is -1.25. The molecule has 2 atom stereocenters. The molecule has 2 fully saturated rings. The van der Waals surface area contributed by atoms with Crippen molar-refractivity contribution < 1.29 is 52.0 Å². The number of ether oxygens (including phenoxy) is 4. The van der Waals surface area contributed by atoms with Gasteiger partial charge < -0.3 is 43.7 Å². The monoisotopic (exact) mass is 785 g/mol.